The van der Waals surface area contributed by atoms with E-state index in [2.05, 4.69) is 24.5 Å². The minimum absolute atomic E-state index is 0.0556. The van der Waals surface area contributed by atoms with Gasteiger partial charge in [-0.15, -0.1) is 0 Å². The molecular weight excluding hydrogens is 248 g/mol. The first-order valence-corrected chi connectivity index (χ1v) is 8.62. The van der Waals surface area contributed by atoms with Crippen molar-refractivity contribution in [2.75, 3.05) is 0 Å². The predicted molar refractivity (Wildman–Crippen MR) is 83.6 cm³/mol. The maximum atomic E-state index is 12.3. The number of hydrogen-bond donors (Lipinski definition) is 2. The lowest BCUT2D eigenvalue weighted by molar-refractivity contribution is -0.124. The summed E-state index contributed by atoms with van der Waals surface area (Å²) in [5.41, 5.74) is 0. The lowest BCUT2D eigenvalue weighted by Gasteiger charge is -2.33. The van der Waals surface area contributed by atoms with Gasteiger partial charge < -0.3 is 10.6 Å². The fourth-order valence-corrected chi connectivity index (χ4v) is 3.69. The molecule has 3 atom stereocenters. The molecule has 20 heavy (non-hydrogen) atoms. The highest BCUT2D eigenvalue weighted by Gasteiger charge is 2.26. The van der Waals surface area contributed by atoms with Gasteiger partial charge in [-0.05, 0) is 57.3 Å². The minimum atomic E-state index is -0.0556. The Labute approximate surface area is 124 Å². The Balaban J connectivity index is 1.74. The highest BCUT2D eigenvalue weighted by molar-refractivity contribution is 5.81. The number of nitrogens with one attached hydrogen (secondary N) is 2. The second kappa shape index (κ2) is 7.44. The Bertz CT molecular complexity index is 310. The fourth-order valence-electron chi connectivity index (χ4n) is 3.69. The topological polar surface area (TPSA) is 41.1 Å². The fraction of sp³-hybridized carbons (Fsp3) is 0.941. The van der Waals surface area contributed by atoms with Crippen LogP contribution in [0.1, 0.15) is 72.1 Å². The first kappa shape index (κ1) is 15.8. The standard InChI is InChI=1S/C17H32N2O/c1-12-8-10-15(11-9-12)19-17(20)14(3)18-16-7-5-4-6-13(16)2/h12-16,18H,4-11H2,1-3H3,(H,19,20). The highest BCUT2D eigenvalue weighted by atomic mass is 16.2. The van der Waals surface area contributed by atoms with E-state index in [-0.39, 0.29) is 11.9 Å². The summed E-state index contributed by atoms with van der Waals surface area (Å²) in [4.78, 5) is 12.3. The van der Waals surface area contributed by atoms with E-state index in [9.17, 15) is 4.79 Å². The summed E-state index contributed by atoms with van der Waals surface area (Å²) in [5.74, 6) is 1.73. The van der Waals surface area contributed by atoms with Crippen molar-refractivity contribution in [3.63, 3.8) is 0 Å². The third-order valence-corrected chi connectivity index (χ3v) is 5.33. The van der Waals surface area contributed by atoms with Crippen LogP contribution in [0.3, 0.4) is 0 Å². The Morgan fingerprint density at radius 2 is 1.65 bits per heavy atom. The maximum Gasteiger partial charge on any atom is 0.237 e. The molecule has 0 spiro atoms. The van der Waals surface area contributed by atoms with Gasteiger partial charge in [-0.25, -0.2) is 0 Å². The van der Waals surface area contributed by atoms with E-state index in [0.29, 0.717) is 18.0 Å². The summed E-state index contributed by atoms with van der Waals surface area (Å²) in [6, 6.07) is 0.877. The molecule has 0 aromatic carbocycles. The van der Waals surface area contributed by atoms with Gasteiger partial charge in [-0.3, -0.25) is 4.79 Å². The van der Waals surface area contributed by atoms with Gasteiger partial charge in [0.15, 0.2) is 0 Å². The quantitative estimate of drug-likeness (QED) is 0.830. The third-order valence-electron chi connectivity index (χ3n) is 5.33. The molecule has 3 unspecified atom stereocenters. The molecular formula is C17H32N2O. The van der Waals surface area contributed by atoms with E-state index in [4.69, 9.17) is 0 Å². The molecule has 0 aromatic rings. The van der Waals surface area contributed by atoms with E-state index in [0.717, 1.165) is 18.8 Å². The van der Waals surface area contributed by atoms with Crippen LogP contribution in [0.15, 0.2) is 0 Å². The summed E-state index contributed by atoms with van der Waals surface area (Å²) in [6.45, 7) is 6.64. The van der Waals surface area contributed by atoms with Crippen molar-refractivity contribution in [2.45, 2.75) is 90.3 Å². The Morgan fingerprint density at radius 1 is 1.00 bits per heavy atom. The molecule has 2 N–H and O–H groups in total. The Hall–Kier alpha value is -0.570. The largest absolute Gasteiger partial charge is 0.352 e. The van der Waals surface area contributed by atoms with E-state index < -0.39 is 0 Å². The van der Waals surface area contributed by atoms with Crippen LogP contribution in [0, 0.1) is 11.8 Å². The zero-order chi connectivity index (χ0) is 14.5. The number of amides is 1. The summed E-state index contributed by atoms with van der Waals surface area (Å²) >= 11 is 0. The molecule has 2 fully saturated rings. The van der Waals surface area contributed by atoms with Crippen LogP contribution in [-0.4, -0.2) is 24.0 Å². The molecule has 2 rings (SSSR count). The van der Waals surface area contributed by atoms with Gasteiger partial charge in [0, 0.05) is 12.1 Å². The van der Waals surface area contributed by atoms with Crippen LogP contribution in [0.5, 0.6) is 0 Å². The minimum Gasteiger partial charge on any atom is -0.352 e. The van der Waals surface area contributed by atoms with Crippen molar-refractivity contribution in [2.24, 2.45) is 11.8 Å². The van der Waals surface area contributed by atoms with Crippen LogP contribution >= 0.6 is 0 Å². The molecule has 2 saturated carbocycles. The van der Waals surface area contributed by atoms with Gasteiger partial charge in [-0.2, -0.15) is 0 Å². The molecule has 0 aromatic heterocycles. The number of carbonyl (C=O) groups excluding carboxylic acids is 1. The highest BCUT2D eigenvalue weighted by Crippen LogP contribution is 2.25. The van der Waals surface area contributed by atoms with E-state index in [1.807, 2.05) is 6.92 Å². The van der Waals surface area contributed by atoms with Gasteiger partial charge in [0.2, 0.25) is 5.91 Å². The van der Waals surface area contributed by atoms with Crippen LogP contribution in [0.4, 0.5) is 0 Å². The van der Waals surface area contributed by atoms with Crippen LogP contribution < -0.4 is 10.6 Å². The van der Waals surface area contributed by atoms with Crippen molar-refractivity contribution >= 4 is 5.91 Å². The van der Waals surface area contributed by atoms with Crippen molar-refractivity contribution in [3.05, 3.63) is 0 Å². The summed E-state index contributed by atoms with van der Waals surface area (Å²) < 4.78 is 0. The Morgan fingerprint density at radius 3 is 2.30 bits per heavy atom. The molecule has 0 aliphatic heterocycles. The Kier molecular flexibility index (Phi) is 5.88. The van der Waals surface area contributed by atoms with Crippen LogP contribution in [0.2, 0.25) is 0 Å². The molecule has 116 valence electrons. The zero-order valence-electron chi connectivity index (χ0n) is 13.5. The number of hydrogen-bond acceptors (Lipinski definition) is 2. The molecule has 1 amide bonds. The number of carbonyl (C=O) groups is 1. The summed E-state index contributed by atoms with van der Waals surface area (Å²) in [5, 5.41) is 6.80. The first-order chi connectivity index (χ1) is 9.56. The van der Waals surface area contributed by atoms with Gasteiger partial charge in [0.05, 0.1) is 6.04 Å². The van der Waals surface area contributed by atoms with E-state index in [1.165, 1.54) is 38.5 Å². The zero-order valence-corrected chi connectivity index (χ0v) is 13.5. The smallest absolute Gasteiger partial charge is 0.237 e. The van der Waals surface area contributed by atoms with E-state index >= 15 is 0 Å². The molecule has 2 aliphatic rings. The predicted octanol–water partition coefficient (Wildman–Crippen LogP) is 3.24. The van der Waals surface area contributed by atoms with Crippen LogP contribution in [-0.2, 0) is 4.79 Å². The molecule has 0 radical (unpaired) electrons. The monoisotopic (exact) mass is 280 g/mol. The lowest BCUT2D eigenvalue weighted by Crippen LogP contribution is -2.51. The molecule has 0 heterocycles. The van der Waals surface area contributed by atoms with E-state index in [1.54, 1.807) is 0 Å². The third kappa shape index (κ3) is 4.47. The molecule has 0 bridgehead atoms. The average Bonchev–Trinajstić information content (AvgIpc) is 2.44. The summed E-state index contributed by atoms with van der Waals surface area (Å²) in [6.07, 6.45) is 9.99. The van der Waals surface area contributed by atoms with Crippen molar-refractivity contribution in [3.8, 4) is 0 Å². The lowest BCUT2D eigenvalue weighted by atomic mass is 9.85. The van der Waals surface area contributed by atoms with Gasteiger partial charge in [-0.1, -0.05) is 26.7 Å². The molecule has 3 nitrogen and oxygen atoms in total. The molecule has 0 saturated heterocycles. The second-order valence-corrected chi connectivity index (χ2v) is 7.22. The normalized spacial score (nSPS) is 36.4. The summed E-state index contributed by atoms with van der Waals surface area (Å²) in [7, 11) is 0. The number of rotatable bonds is 4. The maximum absolute atomic E-state index is 12.3. The average molecular weight is 280 g/mol. The van der Waals surface area contributed by atoms with Gasteiger partial charge in [0.1, 0.15) is 0 Å². The van der Waals surface area contributed by atoms with Crippen molar-refractivity contribution in [1.82, 2.24) is 10.6 Å². The van der Waals surface area contributed by atoms with Crippen LogP contribution in [0.25, 0.3) is 0 Å². The van der Waals surface area contributed by atoms with Gasteiger partial charge in [0.25, 0.3) is 0 Å². The molecule has 3 heteroatoms. The second-order valence-electron chi connectivity index (χ2n) is 7.22. The SMILES string of the molecule is CC1CCC(NC(=O)C(C)NC2CCCCC2C)CC1. The van der Waals surface area contributed by atoms with Crippen molar-refractivity contribution < 1.29 is 4.79 Å². The van der Waals surface area contributed by atoms with Gasteiger partial charge >= 0.3 is 0 Å². The van der Waals surface area contributed by atoms with Crippen molar-refractivity contribution in [1.29, 1.82) is 0 Å². The first-order valence-electron chi connectivity index (χ1n) is 8.62. The molecule has 2 aliphatic carbocycles.